The van der Waals surface area contributed by atoms with E-state index in [1.54, 1.807) is 0 Å². The Morgan fingerprint density at radius 2 is 0.921 bits per heavy atom. The van der Waals surface area contributed by atoms with Crippen LogP contribution in [-0.2, 0) is 5.41 Å². The lowest BCUT2D eigenvalue weighted by Crippen LogP contribution is -2.22. The molecule has 3 heteroatoms. The molecule has 63 heavy (non-hydrogen) atoms. The molecule has 296 valence electrons. The molecule has 0 N–H and O–H groups in total. The normalized spacial score (nSPS) is 14.2. The molecule has 2 heterocycles. The van der Waals surface area contributed by atoms with E-state index in [9.17, 15) is 0 Å². The van der Waals surface area contributed by atoms with E-state index in [1.165, 1.54) is 44.5 Å². The van der Waals surface area contributed by atoms with Gasteiger partial charge < -0.3 is 4.42 Å². The predicted octanol–water partition coefficient (Wildman–Crippen LogP) is 15.7. The molecular weight excluding hydrogens is 765 g/mol. The fraction of sp³-hybridized carbons (Fsp3) is 0.0333. The maximum atomic E-state index is 6.11. The maximum absolute atomic E-state index is 6.11. The highest BCUT2D eigenvalue weighted by atomic mass is 16.3. The van der Waals surface area contributed by atoms with Gasteiger partial charge in [-0.1, -0.05) is 188 Å². The van der Waals surface area contributed by atoms with E-state index in [-0.39, 0.29) is 5.41 Å². The Labute approximate surface area is 366 Å². The first-order valence-electron chi connectivity index (χ1n) is 21.6. The van der Waals surface area contributed by atoms with E-state index >= 15 is 0 Å². The first kappa shape index (κ1) is 36.7. The van der Waals surface area contributed by atoms with Gasteiger partial charge in [0.1, 0.15) is 11.2 Å². The van der Waals surface area contributed by atoms with Crippen LogP contribution < -0.4 is 0 Å². The molecule has 1 aliphatic rings. The van der Waals surface area contributed by atoms with E-state index < -0.39 is 0 Å². The van der Waals surface area contributed by atoms with Gasteiger partial charge in [-0.15, -0.1) is 0 Å². The quantitative estimate of drug-likeness (QED) is 0.161. The van der Waals surface area contributed by atoms with Crippen molar-refractivity contribution >= 4 is 21.9 Å². The van der Waals surface area contributed by atoms with Gasteiger partial charge in [-0.25, -0.2) is 9.97 Å². The molecule has 0 radical (unpaired) electrons. The number of fused-ring (bicyclic) bond motifs is 6. The number of para-hydroxylation sites is 1. The molecule has 0 bridgehead atoms. The zero-order chi connectivity index (χ0) is 41.9. The molecule has 0 amide bonds. The summed E-state index contributed by atoms with van der Waals surface area (Å²) in [6.07, 6.45) is 0. The molecule has 11 aromatic rings. The second-order valence-corrected chi connectivity index (χ2v) is 16.6. The van der Waals surface area contributed by atoms with Crippen LogP contribution in [0.1, 0.15) is 23.6 Å². The van der Waals surface area contributed by atoms with Crippen molar-refractivity contribution in [1.29, 1.82) is 0 Å². The van der Waals surface area contributed by atoms with E-state index in [1.807, 2.05) is 30.3 Å². The van der Waals surface area contributed by atoms with Crippen LogP contribution >= 0.6 is 0 Å². The molecular formula is C60H40N2O. The Morgan fingerprint density at radius 1 is 0.349 bits per heavy atom. The van der Waals surface area contributed by atoms with Gasteiger partial charge >= 0.3 is 0 Å². The van der Waals surface area contributed by atoms with Crippen LogP contribution in [0, 0.1) is 0 Å². The third-order valence-electron chi connectivity index (χ3n) is 13.0. The molecule has 1 aliphatic carbocycles. The Balaban J connectivity index is 0.944. The topological polar surface area (TPSA) is 38.9 Å². The summed E-state index contributed by atoms with van der Waals surface area (Å²) >= 11 is 0. The largest absolute Gasteiger partial charge is 0.456 e. The van der Waals surface area contributed by atoms with Gasteiger partial charge in [0.15, 0.2) is 5.82 Å². The van der Waals surface area contributed by atoms with Crippen molar-refractivity contribution < 1.29 is 4.42 Å². The van der Waals surface area contributed by atoms with E-state index in [4.69, 9.17) is 14.4 Å². The third kappa shape index (κ3) is 6.20. The average Bonchev–Trinajstić information content (AvgIpc) is 3.87. The summed E-state index contributed by atoms with van der Waals surface area (Å²) in [5.74, 6) is 0.693. The number of aromatic nitrogens is 2. The first-order valence-corrected chi connectivity index (χ1v) is 21.6. The fourth-order valence-electron chi connectivity index (χ4n) is 9.76. The second-order valence-electron chi connectivity index (χ2n) is 16.6. The number of nitrogens with zero attached hydrogens (tertiary/aromatic N) is 2. The van der Waals surface area contributed by atoms with Crippen LogP contribution in [0.2, 0.25) is 0 Å². The van der Waals surface area contributed by atoms with Crippen LogP contribution in [0.4, 0.5) is 0 Å². The highest BCUT2D eigenvalue weighted by Crippen LogP contribution is 2.56. The molecule has 0 saturated carbocycles. The molecule has 3 nitrogen and oxygen atoms in total. The van der Waals surface area contributed by atoms with Crippen molar-refractivity contribution in [3.05, 3.63) is 241 Å². The zero-order valence-corrected chi connectivity index (χ0v) is 34.7. The Morgan fingerprint density at radius 3 is 1.71 bits per heavy atom. The van der Waals surface area contributed by atoms with Crippen molar-refractivity contribution in [3.8, 4) is 78.4 Å². The predicted molar refractivity (Wildman–Crippen MR) is 259 cm³/mol. The highest BCUT2D eigenvalue weighted by Gasteiger charge is 2.42. The van der Waals surface area contributed by atoms with E-state index in [2.05, 4.69) is 201 Å². The lowest BCUT2D eigenvalue weighted by molar-refractivity contribution is 0.669. The standard InChI is InChI=1S/C60H40N2O/c1-60(47-21-9-4-10-22-47)52-25-14-24-48(40-15-5-2-6-16-40)58(52)50-33-31-45(37-53(50)60)43-19-13-20-46(35-43)55-38-54(61-59(62-55)42-17-7-3-8-18-42)41-29-27-39(28-30-41)44-32-34-57-51(36-44)49-23-11-12-26-56(49)63-57/h2-38H,1H3. The molecule has 0 fully saturated rings. The summed E-state index contributed by atoms with van der Waals surface area (Å²) in [6, 6.07) is 80.1. The Bertz CT molecular complexity index is 3500. The summed E-state index contributed by atoms with van der Waals surface area (Å²) < 4.78 is 6.11. The van der Waals surface area contributed by atoms with Crippen LogP contribution in [0.15, 0.2) is 229 Å². The van der Waals surface area contributed by atoms with Gasteiger partial charge in [0, 0.05) is 32.9 Å². The fourth-order valence-corrected chi connectivity index (χ4v) is 9.76. The molecule has 12 rings (SSSR count). The number of hydrogen-bond acceptors (Lipinski definition) is 3. The number of rotatable bonds is 7. The van der Waals surface area contributed by atoms with Crippen molar-refractivity contribution in [2.45, 2.75) is 12.3 Å². The molecule has 1 unspecified atom stereocenters. The van der Waals surface area contributed by atoms with Crippen molar-refractivity contribution in [3.63, 3.8) is 0 Å². The molecule has 2 aromatic heterocycles. The van der Waals surface area contributed by atoms with Gasteiger partial charge in [0.25, 0.3) is 0 Å². The number of hydrogen-bond donors (Lipinski definition) is 0. The Hall–Kier alpha value is -8.14. The van der Waals surface area contributed by atoms with E-state index in [0.29, 0.717) is 5.82 Å². The molecule has 0 saturated heterocycles. The van der Waals surface area contributed by atoms with Crippen LogP contribution in [0.25, 0.3) is 100 Å². The molecule has 0 aliphatic heterocycles. The SMILES string of the molecule is CC1(c2ccccc2)c2cc(-c3cccc(-c4cc(-c5ccc(-c6ccc7oc8ccccc8c7c6)cc5)nc(-c5ccccc5)n4)c3)ccc2-c2c(-c3ccccc3)cccc21. The number of furan rings is 1. The number of benzene rings is 9. The van der Waals surface area contributed by atoms with Crippen LogP contribution in [0.5, 0.6) is 0 Å². The first-order chi connectivity index (χ1) is 31.1. The summed E-state index contributed by atoms with van der Waals surface area (Å²) in [5, 5.41) is 2.25. The summed E-state index contributed by atoms with van der Waals surface area (Å²) in [5.41, 5.74) is 19.8. The Kier molecular flexibility index (Phi) is 8.62. The van der Waals surface area contributed by atoms with Gasteiger partial charge in [-0.2, -0.15) is 0 Å². The molecule has 9 aromatic carbocycles. The van der Waals surface area contributed by atoms with Crippen molar-refractivity contribution in [2.24, 2.45) is 0 Å². The minimum Gasteiger partial charge on any atom is -0.456 e. The summed E-state index contributed by atoms with van der Waals surface area (Å²) in [6.45, 7) is 2.39. The minimum atomic E-state index is -0.341. The molecule has 1 atom stereocenters. The van der Waals surface area contributed by atoms with E-state index in [0.717, 1.165) is 66.7 Å². The van der Waals surface area contributed by atoms with Crippen molar-refractivity contribution in [2.75, 3.05) is 0 Å². The average molecular weight is 805 g/mol. The second kappa shape index (κ2) is 14.8. The molecule has 0 spiro atoms. The monoisotopic (exact) mass is 804 g/mol. The van der Waals surface area contributed by atoms with Crippen molar-refractivity contribution in [1.82, 2.24) is 9.97 Å². The lowest BCUT2D eigenvalue weighted by Gasteiger charge is -2.29. The van der Waals surface area contributed by atoms with Gasteiger partial charge in [-0.05, 0) is 105 Å². The summed E-state index contributed by atoms with van der Waals surface area (Å²) in [4.78, 5) is 10.4. The van der Waals surface area contributed by atoms with Crippen LogP contribution in [0.3, 0.4) is 0 Å². The van der Waals surface area contributed by atoms with Gasteiger partial charge in [0.2, 0.25) is 0 Å². The van der Waals surface area contributed by atoms with Gasteiger partial charge in [-0.3, -0.25) is 0 Å². The van der Waals surface area contributed by atoms with Crippen LogP contribution in [-0.4, -0.2) is 9.97 Å². The maximum Gasteiger partial charge on any atom is 0.160 e. The third-order valence-corrected chi connectivity index (χ3v) is 13.0. The summed E-state index contributed by atoms with van der Waals surface area (Å²) in [7, 11) is 0. The highest BCUT2D eigenvalue weighted by molar-refractivity contribution is 6.06. The zero-order valence-electron chi connectivity index (χ0n) is 34.7. The smallest absolute Gasteiger partial charge is 0.160 e. The lowest BCUT2D eigenvalue weighted by atomic mass is 9.73. The van der Waals surface area contributed by atoms with Gasteiger partial charge in [0.05, 0.1) is 11.4 Å². The minimum absolute atomic E-state index is 0.341.